The van der Waals surface area contributed by atoms with E-state index in [1.54, 1.807) is 17.5 Å². The highest BCUT2D eigenvalue weighted by atomic mass is 32.1. The van der Waals surface area contributed by atoms with Gasteiger partial charge in [-0.05, 0) is 37.1 Å². The molecule has 5 heterocycles. The van der Waals surface area contributed by atoms with Crippen molar-refractivity contribution in [3.05, 3.63) is 42.7 Å². The van der Waals surface area contributed by atoms with Crippen LogP contribution in [0.5, 0.6) is 5.75 Å². The highest BCUT2D eigenvalue weighted by Gasteiger charge is 2.28. The fourth-order valence-corrected chi connectivity index (χ4v) is 4.61. The predicted octanol–water partition coefficient (Wildman–Crippen LogP) is 3.25. The first-order valence-corrected chi connectivity index (χ1v) is 10.5. The molecule has 28 heavy (non-hydrogen) atoms. The van der Waals surface area contributed by atoms with E-state index < -0.39 is 0 Å². The summed E-state index contributed by atoms with van der Waals surface area (Å²) in [6, 6.07) is 9.82. The number of nitrogens with zero attached hydrogens (tertiary/aromatic N) is 6. The average Bonchev–Trinajstić information content (AvgIpc) is 3.50. The van der Waals surface area contributed by atoms with E-state index in [1.165, 1.54) is 12.8 Å². The lowest BCUT2D eigenvalue weighted by Gasteiger charge is -2.22. The number of anilines is 2. The molecule has 3 aromatic rings. The standard InChI is InChI=1S/C20H22N6OS/c1-2-9-21-16(6-1)19-23-24-20(28-19)26-13-8-15(14-26)27-17-7-5-10-22-18(17)25-11-3-4-12-25/h1-2,5-7,9-10,15H,3-4,8,11-14H2. The van der Waals surface area contributed by atoms with Crippen LogP contribution in [0.2, 0.25) is 0 Å². The Hall–Kier alpha value is -2.74. The Balaban J connectivity index is 1.27. The zero-order valence-electron chi connectivity index (χ0n) is 15.6. The van der Waals surface area contributed by atoms with Gasteiger partial charge in [0.2, 0.25) is 5.13 Å². The molecule has 0 amide bonds. The first kappa shape index (κ1) is 17.4. The third-order valence-electron chi connectivity index (χ3n) is 5.16. The molecule has 0 N–H and O–H groups in total. The Bertz CT molecular complexity index is 927. The molecule has 5 rings (SSSR count). The van der Waals surface area contributed by atoms with E-state index in [0.717, 1.165) is 60.0 Å². The van der Waals surface area contributed by atoms with Crippen LogP contribution in [-0.2, 0) is 0 Å². The Kier molecular flexibility index (Phi) is 4.78. The third-order valence-corrected chi connectivity index (χ3v) is 6.17. The van der Waals surface area contributed by atoms with Crippen molar-refractivity contribution >= 4 is 22.3 Å². The normalized spacial score (nSPS) is 19.4. The van der Waals surface area contributed by atoms with E-state index in [-0.39, 0.29) is 6.10 Å². The second kappa shape index (κ2) is 7.71. The minimum absolute atomic E-state index is 0.132. The van der Waals surface area contributed by atoms with Gasteiger partial charge in [-0.2, -0.15) is 0 Å². The van der Waals surface area contributed by atoms with Gasteiger partial charge in [0.1, 0.15) is 11.8 Å². The maximum atomic E-state index is 6.36. The largest absolute Gasteiger partial charge is 0.485 e. The van der Waals surface area contributed by atoms with Crippen LogP contribution in [0.1, 0.15) is 19.3 Å². The maximum Gasteiger partial charge on any atom is 0.208 e. The molecule has 0 aromatic carbocycles. The lowest BCUT2D eigenvalue weighted by Crippen LogP contribution is -2.26. The average molecular weight is 395 g/mol. The molecule has 1 atom stereocenters. The number of hydrogen-bond acceptors (Lipinski definition) is 8. The molecule has 3 aromatic heterocycles. The molecule has 0 saturated carbocycles. The SMILES string of the molecule is c1ccc(-c2nnc(N3CCC(Oc4cccnc4N4CCCC4)C3)s2)nc1. The minimum atomic E-state index is 0.132. The van der Waals surface area contributed by atoms with Crippen LogP contribution in [0.15, 0.2) is 42.7 Å². The van der Waals surface area contributed by atoms with Crippen LogP contribution in [-0.4, -0.2) is 52.4 Å². The number of hydrogen-bond donors (Lipinski definition) is 0. The quantitative estimate of drug-likeness (QED) is 0.658. The molecule has 2 saturated heterocycles. The maximum absolute atomic E-state index is 6.36. The molecule has 144 valence electrons. The summed E-state index contributed by atoms with van der Waals surface area (Å²) in [6.07, 6.45) is 7.18. The fraction of sp³-hybridized carbons (Fsp3) is 0.400. The second-order valence-corrected chi connectivity index (χ2v) is 8.05. The van der Waals surface area contributed by atoms with Crippen LogP contribution in [0.25, 0.3) is 10.7 Å². The minimum Gasteiger partial charge on any atom is -0.485 e. The first-order valence-electron chi connectivity index (χ1n) is 9.73. The van der Waals surface area contributed by atoms with Gasteiger partial charge in [-0.1, -0.05) is 17.4 Å². The molecule has 8 heteroatoms. The van der Waals surface area contributed by atoms with E-state index in [0.29, 0.717) is 0 Å². The summed E-state index contributed by atoms with van der Waals surface area (Å²) in [5.41, 5.74) is 0.865. The Morgan fingerprint density at radius 1 is 0.929 bits per heavy atom. The van der Waals surface area contributed by atoms with E-state index in [1.807, 2.05) is 36.5 Å². The molecule has 2 aliphatic heterocycles. The zero-order valence-corrected chi connectivity index (χ0v) is 16.4. The van der Waals surface area contributed by atoms with Crippen LogP contribution < -0.4 is 14.5 Å². The molecule has 2 fully saturated rings. The molecule has 1 unspecified atom stereocenters. The molecule has 0 spiro atoms. The monoisotopic (exact) mass is 394 g/mol. The van der Waals surface area contributed by atoms with Crippen molar-refractivity contribution < 1.29 is 4.74 Å². The van der Waals surface area contributed by atoms with Crippen LogP contribution in [0, 0.1) is 0 Å². The second-order valence-electron chi connectivity index (χ2n) is 7.10. The molecular formula is C20H22N6OS. The van der Waals surface area contributed by atoms with Crippen molar-refractivity contribution in [3.8, 4) is 16.5 Å². The van der Waals surface area contributed by atoms with Crippen molar-refractivity contribution in [1.29, 1.82) is 0 Å². The Labute approximate surface area is 168 Å². The van der Waals surface area contributed by atoms with Crippen LogP contribution in [0.3, 0.4) is 0 Å². The van der Waals surface area contributed by atoms with E-state index in [9.17, 15) is 0 Å². The van der Waals surface area contributed by atoms with Crippen molar-refractivity contribution in [3.63, 3.8) is 0 Å². The Morgan fingerprint density at radius 2 is 1.82 bits per heavy atom. The third kappa shape index (κ3) is 3.52. The van der Waals surface area contributed by atoms with E-state index in [2.05, 4.69) is 30.0 Å². The van der Waals surface area contributed by atoms with Gasteiger partial charge in [0.05, 0.1) is 6.54 Å². The summed E-state index contributed by atoms with van der Waals surface area (Å²) < 4.78 is 6.36. The van der Waals surface area contributed by atoms with E-state index >= 15 is 0 Å². The summed E-state index contributed by atoms with van der Waals surface area (Å²) in [5.74, 6) is 1.87. The summed E-state index contributed by atoms with van der Waals surface area (Å²) >= 11 is 1.58. The van der Waals surface area contributed by atoms with Gasteiger partial charge in [0, 0.05) is 38.4 Å². The first-order chi connectivity index (χ1) is 13.9. The van der Waals surface area contributed by atoms with Crippen LogP contribution >= 0.6 is 11.3 Å². The summed E-state index contributed by atoms with van der Waals surface area (Å²) in [7, 11) is 0. The van der Waals surface area contributed by atoms with Gasteiger partial charge in [-0.3, -0.25) is 4.98 Å². The lowest BCUT2D eigenvalue weighted by molar-refractivity contribution is 0.224. The summed E-state index contributed by atoms with van der Waals surface area (Å²) in [6.45, 7) is 3.85. The van der Waals surface area contributed by atoms with Gasteiger partial charge >= 0.3 is 0 Å². The molecule has 0 radical (unpaired) electrons. The number of ether oxygens (including phenoxy) is 1. The molecule has 0 bridgehead atoms. The Morgan fingerprint density at radius 3 is 2.68 bits per heavy atom. The number of pyridine rings is 2. The molecular weight excluding hydrogens is 372 g/mol. The van der Waals surface area contributed by atoms with E-state index in [4.69, 9.17) is 4.74 Å². The van der Waals surface area contributed by atoms with Gasteiger partial charge in [-0.25, -0.2) is 4.98 Å². The molecule has 2 aliphatic rings. The van der Waals surface area contributed by atoms with Gasteiger partial charge in [0.25, 0.3) is 0 Å². The van der Waals surface area contributed by atoms with Crippen LogP contribution in [0.4, 0.5) is 10.9 Å². The van der Waals surface area contributed by atoms with Crippen molar-refractivity contribution in [2.24, 2.45) is 0 Å². The van der Waals surface area contributed by atoms with Crippen molar-refractivity contribution in [1.82, 2.24) is 20.2 Å². The van der Waals surface area contributed by atoms with Crippen molar-refractivity contribution in [2.45, 2.75) is 25.4 Å². The van der Waals surface area contributed by atoms with Gasteiger partial charge < -0.3 is 14.5 Å². The molecule has 0 aliphatic carbocycles. The molecule has 7 nitrogen and oxygen atoms in total. The number of rotatable bonds is 5. The lowest BCUT2D eigenvalue weighted by atomic mass is 10.3. The predicted molar refractivity (Wildman–Crippen MR) is 110 cm³/mol. The number of aromatic nitrogens is 4. The topological polar surface area (TPSA) is 67.3 Å². The zero-order chi connectivity index (χ0) is 18.8. The highest BCUT2D eigenvalue weighted by molar-refractivity contribution is 7.18. The fourth-order valence-electron chi connectivity index (χ4n) is 3.75. The van der Waals surface area contributed by atoms with Gasteiger partial charge in [0.15, 0.2) is 16.6 Å². The highest BCUT2D eigenvalue weighted by Crippen LogP contribution is 2.33. The summed E-state index contributed by atoms with van der Waals surface area (Å²) in [4.78, 5) is 13.5. The smallest absolute Gasteiger partial charge is 0.208 e. The van der Waals surface area contributed by atoms with Gasteiger partial charge in [-0.15, -0.1) is 10.2 Å². The summed E-state index contributed by atoms with van der Waals surface area (Å²) in [5, 5.41) is 10.5. The van der Waals surface area contributed by atoms with Crippen molar-refractivity contribution in [2.75, 3.05) is 36.0 Å².